The van der Waals surface area contributed by atoms with E-state index >= 15 is 0 Å². The molecule has 1 aromatic heterocycles. The highest BCUT2D eigenvalue weighted by molar-refractivity contribution is 8.14. The van der Waals surface area contributed by atoms with Crippen LogP contribution in [0.3, 0.4) is 0 Å². The second-order valence-electron chi connectivity index (χ2n) is 5.54. The zero-order chi connectivity index (χ0) is 17.3. The molecule has 0 atom stereocenters. The molecule has 1 aliphatic heterocycles. The molecule has 1 N–H and O–H groups in total. The van der Waals surface area contributed by atoms with Gasteiger partial charge in [-0.1, -0.05) is 0 Å². The van der Waals surface area contributed by atoms with Crippen molar-refractivity contribution in [1.82, 2.24) is 4.98 Å². The van der Waals surface area contributed by atoms with Crippen LogP contribution in [0.15, 0.2) is 29.4 Å². The Hall–Kier alpha value is -2.28. The van der Waals surface area contributed by atoms with Crippen LogP contribution >= 0.6 is 11.8 Å². The molecular formula is C17H15F2N3OS. The van der Waals surface area contributed by atoms with Crippen molar-refractivity contribution in [3.8, 4) is 0 Å². The van der Waals surface area contributed by atoms with Gasteiger partial charge in [0.15, 0.2) is 0 Å². The number of hydrogen-bond donors (Lipinski definition) is 1. The van der Waals surface area contributed by atoms with Crippen molar-refractivity contribution < 1.29 is 13.6 Å². The number of thioether (sulfide) groups is 1. The Balaban J connectivity index is 1.57. The maximum absolute atomic E-state index is 13.5. The molecule has 1 aliphatic rings. The second kappa shape index (κ2) is 6.68. The Bertz CT molecular complexity index is 829. The van der Waals surface area contributed by atoms with Crippen LogP contribution in [0.5, 0.6) is 0 Å². The van der Waals surface area contributed by atoms with Crippen LogP contribution < -0.4 is 5.32 Å². The van der Waals surface area contributed by atoms with Gasteiger partial charge in [-0.3, -0.25) is 9.78 Å². The van der Waals surface area contributed by atoms with Crippen LogP contribution in [0.2, 0.25) is 0 Å². The third-order valence-corrected chi connectivity index (χ3v) is 4.60. The lowest BCUT2D eigenvalue weighted by Crippen LogP contribution is -2.16. The number of benzene rings is 1. The summed E-state index contributed by atoms with van der Waals surface area (Å²) in [6, 6.07) is 4.20. The Kier molecular flexibility index (Phi) is 4.62. The van der Waals surface area contributed by atoms with Crippen LogP contribution in [0.4, 0.5) is 20.2 Å². The SMILES string of the molecule is Cc1cc2c(cn1)N=C(SCC(=O)Nc1cc(F)c(C)c(F)c1)C2. The highest BCUT2D eigenvalue weighted by atomic mass is 32.2. The minimum atomic E-state index is -0.684. The van der Waals surface area contributed by atoms with Gasteiger partial charge in [0.2, 0.25) is 5.91 Å². The van der Waals surface area contributed by atoms with Crippen LogP contribution in [0.1, 0.15) is 16.8 Å². The number of halogens is 2. The van der Waals surface area contributed by atoms with E-state index in [1.165, 1.54) is 18.7 Å². The second-order valence-corrected chi connectivity index (χ2v) is 6.59. The van der Waals surface area contributed by atoms with Crippen LogP contribution in [0, 0.1) is 25.5 Å². The maximum Gasteiger partial charge on any atom is 0.234 e. The van der Waals surface area contributed by atoms with E-state index in [1.807, 2.05) is 13.0 Å². The normalized spacial score (nSPS) is 12.8. The summed E-state index contributed by atoms with van der Waals surface area (Å²) in [5, 5.41) is 3.33. The summed E-state index contributed by atoms with van der Waals surface area (Å²) in [6.07, 6.45) is 2.39. The lowest BCUT2D eigenvalue weighted by Gasteiger charge is -2.07. The van der Waals surface area contributed by atoms with E-state index in [9.17, 15) is 13.6 Å². The van der Waals surface area contributed by atoms with Gasteiger partial charge in [0.1, 0.15) is 11.6 Å². The molecule has 2 aromatic rings. The average Bonchev–Trinajstić information content (AvgIpc) is 2.92. The molecule has 0 bridgehead atoms. The van der Waals surface area contributed by atoms with Gasteiger partial charge in [-0.05, 0) is 37.6 Å². The average molecular weight is 347 g/mol. The fourth-order valence-corrected chi connectivity index (χ4v) is 3.13. The summed E-state index contributed by atoms with van der Waals surface area (Å²) >= 11 is 1.31. The van der Waals surface area contributed by atoms with E-state index in [-0.39, 0.29) is 22.9 Å². The van der Waals surface area contributed by atoms with Gasteiger partial charge in [0.25, 0.3) is 0 Å². The summed E-state index contributed by atoms with van der Waals surface area (Å²) in [4.78, 5) is 20.6. The largest absolute Gasteiger partial charge is 0.325 e. The number of hydrogen-bond acceptors (Lipinski definition) is 4. The zero-order valence-corrected chi connectivity index (χ0v) is 14.0. The van der Waals surface area contributed by atoms with Gasteiger partial charge < -0.3 is 5.32 Å². The Morgan fingerprint density at radius 1 is 1.25 bits per heavy atom. The molecule has 124 valence electrons. The number of nitrogens with one attached hydrogen (secondary N) is 1. The van der Waals surface area contributed by atoms with Gasteiger partial charge in [0.05, 0.1) is 22.7 Å². The number of amides is 1. The van der Waals surface area contributed by atoms with Crippen molar-refractivity contribution in [2.75, 3.05) is 11.1 Å². The number of nitrogens with zero attached hydrogens (tertiary/aromatic N) is 2. The van der Waals surface area contributed by atoms with Crippen LogP contribution in [0.25, 0.3) is 0 Å². The molecule has 3 rings (SSSR count). The van der Waals surface area contributed by atoms with Crippen molar-refractivity contribution in [2.24, 2.45) is 4.99 Å². The van der Waals surface area contributed by atoms with Crippen LogP contribution in [-0.2, 0) is 11.2 Å². The van der Waals surface area contributed by atoms with E-state index < -0.39 is 11.6 Å². The van der Waals surface area contributed by atoms with Crippen LogP contribution in [-0.4, -0.2) is 21.7 Å². The van der Waals surface area contributed by atoms with Gasteiger partial charge in [-0.15, -0.1) is 11.8 Å². The number of carbonyl (C=O) groups excluding carboxylic acids is 1. The molecule has 4 nitrogen and oxygen atoms in total. The number of rotatable bonds is 3. The van der Waals surface area contributed by atoms with Crippen molar-refractivity contribution in [3.63, 3.8) is 0 Å². The third-order valence-electron chi connectivity index (χ3n) is 3.62. The fourth-order valence-electron chi connectivity index (χ4n) is 2.33. The molecule has 7 heteroatoms. The molecule has 0 spiro atoms. The Labute approximate surface area is 142 Å². The molecule has 0 unspecified atom stereocenters. The number of aliphatic imine (C=N–C) groups is 1. The topological polar surface area (TPSA) is 54.4 Å². The smallest absolute Gasteiger partial charge is 0.234 e. The van der Waals surface area contributed by atoms with Gasteiger partial charge in [-0.25, -0.2) is 13.8 Å². The molecule has 0 aliphatic carbocycles. The molecule has 1 amide bonds. The van der Waals surface area contributed by atoms with Gasteiger partial charge >= 0.3 is 0 Å². The summed E-state index contributed by atoms with van der Waals surface area (Å²) < 4.78 is 27.0. The number of aromatic nitrogens is 1. The zero-order valence-electron chi connectivity index (χ0n) is 13.2. The first-order valence-corrected chi connectivity index (χ1v) is 8.32. The first-order valence-electron chi connectivity index (χ1n) is 7.34. The van der Waals surface area contributed by atoms with Crippen molar-refractivity contribution in [3.05, 3.63) is 52.9 Å². The molecular weight excluding hydrogens is 332 g/mol. The predicted octanol–water partition coefficient (Wildman–Crippen LogP) is 3.93. The standard InChI is InChI=1S/C17H15F2N3OS/c1-9-3-11-4-17(22-15(11)7-20-9)24-8-16(23)21-12-5-13(18)10(2)14(19)6-12/h3,5-7H,4,8H2,1-2H3,(H,21,23). The molecule has 1 aromatic carbocycles. The first kappa shape index (κ1) is 16.6. The third kappa shape index (κ3) is 3.62. The summed E-state index contributed by atoms with van der Waals surface area (Å²) in [5.74, 6) is -1.58. The number of pyridine rings is 1. The lowest BCUT2D eigenvalue weighted by atomic mass is 10.2. The molecule has 0 saturated heterocycles. The first-order chi connectivity index (χ1) is 11.4. The minimum absolute atomic E-state index is 0.0654. The number of anilines is 1. The fraction of sp³-hybridized carbons (Fsp3) is 0.235. The Morgan fingerprint density at radius 2 is 1.96 bits per heavy atom. The number of aryl methyl sites for hydroxylation is 1. The van der Waals surface area contributed by atoms with Crippen molar-refractivity contribution in [2.45, 2.75) is 20.3 Å². The quantitative estimate of drug-likeness (QED) is 0.915. The van der Waals surface area contributed by atoms with Gasteiger partial charge in [-0.2, -0.15) is 0 Å². The van der Waals surface area contributed by atoms with E-state index in [4.69, 9.17) is 0 Å². The summed E-state index contributed by atoms with van der Waals surface area (Å²) in [6.45, 7) is 3.26. The minimum Gasteiger partial charge on any atom is -0.325 e. The van der Waals surface area contributed by atoms with E-state index in [0.29, 0.717) is 6.42 Å². The molecule has 0 fully saturated rings. The Morgan fingerprint density at radius 3 is 2.67 bits per heavy atom. The highest BCUT2D eigenvalue weighted by Crippen LogP contribution is 2.30. The van der Waals surface area contributed by atoms with Gasteiger partial charge in [0, 0.05) is 23.4 Å². The van der Waals surface area contributed by atoms with E-state index in [1.54, 1.807) is 6.20 Å². The van der Waals surface area contributed by atoms with E-state index in [0.717, 1.165) is 34.1 Å². The number of carbonyl (C=O) groups is 1. The highest BCUT2D eigenvalue weighted by Gasteiger charge is 2.17. The summed E-state index contributed by atoms with van der Waals surface area (Å²) in [7, 11) is 0. The molecule has 24 heavy (non-hydrogen) atoms. The predicted molar refractivity (Wildman–Crippen MR) is 92.0 cm³/mol. The summed E-state index contributed by atoms with van der Waals surface area (Å²) in [5.41, 5.74) is 2.89. The molecule has 2 heterocycles. The monoisotopic (exact) mass is 347 g/mol. The van der Waals surface area contributed by atoms with Crippen molar-refractivity contribution >= 4 is 34.1 Å². The lowest BCUT2D eigenvalue weighted by molar-refractivity contribution is -0.113. The molecule has 0 radical (unpaired) electrons. The number of fused-ring (bicyclic) bond motifs is 1. The van der Waals surface area contributed by atoms with E-state index in [2.05, 4.69) is 15.3 Å². The maximum atomic E-state index is 13.5. The molecule has 0 saturated carbocycles. The van der Waals surface area contributed by atoms with Crippen molar-refractivity contribution in [1.29, 1.82) is 0 Å².